The molecule has 18 heavy (non-hydrogen) atoms. The molecule has 0 bridgehead atoms. The van der Waals surface area contributed by atoms with Crippen LogP contribution in [0, 0.1) is 0 Å². The molecule has 0 aliphatic carbocycles. The minimum absolute atomic E-state index is 0.0605. The Labute approximate surface area is 110 Å². The highest BCUT2D eigenvalue weighted by atomic mass is 16.5. The number of ether oxygens (including phenoxy) is 1. The van der Waals surface area contributed by atoms with Crippen LogP contribution in [-0.2, 0) is 9.53 Å². The lowest BCUT2D eigenvalue weighted by atomic mass is 10.0. The van der Waals surface area contributed by atoms with Gasteiger partial charge in [0, 0.05) is 6.42 Å². The number of aliphatic hydroxyl groups is 1. The molecule has 1 heterocycles. The number of hydrogen-bond donors (Lipinski definition) is 1. The van der Waals surface area contributed by atoms with Crippen molar-refractivity contribution >= 4 is 5.78 Å². The van der Waals surface area contributed by atoms with Crippen LogP contribution in [0.2, 0.25) is 0 Å². The maximum atomic E-state index is 11.7. The molecule has 1 aliphatic heterocycles. The second-order valence-electron chi connectivity index (χ2n) is 5.46. The van der Waals surface area contributed by atoms with Gasteiger partial charge in [-0.1, -0.05) is 17.7 Å². The highest BCUT2D eigenvalue weighted by molar-refractivity contribution is 5.89. The van der Waals surface area contributed by atoms with Crippen molar-refractivity contribution in [3.63, 3.8) is 0 Å². The van der Waals surface area contributed by atoms with Crippen molar-refractivity contribution in [1.29, 1.82) is 0 Å². The zero-order valence-corrected chi connectivity index (χ0v) is 11.8. The van der Waals surface area contributed by atoms with E-state index < -0.39 is 5.60 Å². The molecule has 1 atom stereocenters. The predicted octanol–water partition coefficient (Wildman–Crippen LogP) is 2.79. The van der Waals surface area contributed by atoms with Crippen LogP contribution in [-0.4, -0.2) is 29.2 Å². The summed E-state index contributed by atoms with van der Waals surface area (Å²) in [6.45, 7) is 7.79. The van der Waals surface area contributed by atoms with Gasteiger partial charge in [-0.15, -0.1) is 0 Å². The van der Waals surface area contributed by atoms with Gasteiger partial charge in [0.2, 0.25) is 0 Å². The van der Waals surface area contributed by atoms with E-state index in [-0.39, 0.29) is 18.5 Å². The molecule has 3 nitrogen and oxygen atoms in total. The monoisotopic (exact) mass is 252 g/mol. The minimum Gasteiger partial charge on any atom is -0.392 e. The van der Waals surface area contributed by atoms with E-state index in [1.165, 1.54) is 5.57 Å². The second-order valence-corrected chi connectivity index (χ2v) is 5.46. The van der Waals surface area contributed by atoms with Crippen molar-refractivity contribution in [2.24, 2.45) is 0 Å². The molecule has 3 heteroatoms. The van der Waals surface area contributed by atoms with E-state index in [1.807, 2.05) is 33.8 Å². The van der Waals surface area contributed by atoms with Crippen LogP contribution in [0.5, 0.6) is 0 Å². The Kier molecular flexibility index (Phi) is 5.29. The van der Waals surface area contributed by atoms with Gasteiger partial charge in [0.1, 0.15) is 5.60 Å². The molecule has 1 fully saturated rings. The van der Waals surface area contributed by atoms with E-state index in [0.717, 1.165) is 18.4 Å². The molecule has 0 aromatic heterocycles. The van der Waals surface area contributed by atoms with Crippen molar-refractivity contribution in [2.75, 3.05) is 6.61 Å². The number of hydrogen-bond acceptors (Lipinski definition) is 3. The van der Waals surface area contributed by atoms with E-state index in [4.69, 9.17) is 9.84 Å². The molecule has 0 aromatic rings. The minimum atomic E-state index is -0.632. The third kappa shape index (κ3) is 4.07. The Morgan fingerprint density at radius 3 is 2.61 bits per heavy atom. The van der Waals surface area contributed by atoms with Crippen molar-refractivity contribution in [2.45, 2.75) is 58.7 Å². The van der Waals surface area contributed by atoms with E-state index >= 15 is 0 Å². The summed E-state index contributed by atoms with van der Waals surface area (Å²) in [6.07, 6.45) is 6.23. The molecular formula is C15H24O3. The van der Waals surface area contributed by atoms with Crippen molar-refractivity contribution in [3.05, 3.63) is 23.3 Å². The molecule has 1 aliphatic rings. The standard InChI is InChI=1S/C15H24O3/c1-11(8-9-16)6-5-7-12(2)13-10-14(17)15(3,4)18-13/h7-8,13,16H,5-6,9-10H2,1-4H3. The Morgan fingerprint density at radius 2 is 2.11 bits per heavy atom. The summed E-state index contributed by atoms with van der Waals surface area (Å²) >= 11 is 0. The quantitative estimate of drug-likeness (QED) is 0.765. The third-order valence-electron chi connectivity index (χ3n) is 3.43. The van der Waals surface area contributed by atoms with Gasteiger partial charge in [-0.05, 0) is 46.1 Å². The summed E-state index contributed by atoms with van der Waals surface area (Å²) in [7, 11) is 0. The molecule has 0 saturated carbocycles. The van der Waals surface area contributed by atoms with E-state index in [9.17, 15) is 4.79 Å². The van der Waals surface area contributed by atoms with Crippen molar-refractivity contribution in [1.82, 2.24) is 0 Å². The van der Waals surface area contributed by atoms with Crippen molar-refractivity contribution in [3.8, 4) is 0 Å². The molecular weight excluding hydrogens is 228 g/mol. The first-order valence-electron chi connectivity index (χ1n) is 6.51. The lowest BCUT2D eigenvalue weighted by molar-refractivity contribution is -0.129. The van der Waals surface area contributed by atoms with Gasteiger partial charge in [0.05, 0.1) is 12.7 Å². The van der Waals surface area contributed by atoms with Crippen molar-refractivity contribution < 1.29 is 14.6 Å². The topological polar surface area (TPSA) is 46.5 Å². The maximum absolute atomic E-state index is 11.7. The Morgan fingerprint density at radius 1 is 1.44 bits per heavy atom. The van der Waals surface area contributed by atoms with Crippen LogP contribution in [0.15, 0.2) is 23.3 Å². The number of allylic oxidation sites excluding steroid dienone is 2. The Balaban J connectivity index is 2.48. The fourth-order valence-corrected chi connectivity index (χ4v) is 2.05. The fourth-order valence-electron chi connectivity index (χ4n) is 2.05. The van der Waals surface area contributed by atoms with Crippen LogP contribution >= 0.6 is 0 Å². The van der Waals surface area contributed by atoms with Gasteiger partial charge in [0.25, 0.3) is 0 Å². The second kappa shape index (κ2) is 6.30. The summed E-state index contributed by atoms with van der Waals surface area (Å²) in [5.41, 5.74) is 1.68. The average Bonchev–Trinajstić information content (AvgIpc) is 2.54. The zero-order valence-electron chi connectivity index (χ0n) is 11.8. The first kappa shape index (κ1) is 15.1. The van der Waals surface area contributed by atoms with Gasteiger partial charge in [-0.2, -0.15) is 0 Å². The van der Waals surface area contributed by atoms with Gasteiger partial charge in [-0.25, -0.2) is 0 Å². The summed E-state index contributed by atoms with van der Waals surface area (Å²) in [5.74, 6) is 0.177. The van der Waals surface area contributed by atoms with Gasteiger partial charge >= 0.3 is 0 Å². The number of rotatable bonds is 5. The average molecular weight is 252 g/mol. The van der Waals surface area contributed by atoms with Gasteiger partial charge in [-0.3, -0.25) is 4.79 Å². The first-order chi connectivity index (χ1) is 8.36. The Bertz CT molecular complexity index is 364. The summed E-state index contributed by atoms with van der Waals surface area (Å²) in [4.78, 5) is 11.7. The molecule has 1 saturated heterocycles. The Hall–Kier alpha value is -0.930. The van der Waals surface area contributed by atoms with Crippen LogP contribution < -0.4 is 0 Å². The van der Waals surface area contributed by atoms with E-state index in [0.29, 0.717) is 6.42 Å². The molecule has 0 aromatic carbocycles. The largest absolute Gasteiger partial charge is 0.392 e. The first-order valence-corrected chi connectivity index (χ1v) is 6.51. The molecule has 1 rings (SSSR count). The number of Topliss-reactive ketones (excluding diaryl/α,β-unsaturated/α-hetero) is 1. The SMILES string of the molecule is CC(=CCO)CCC=C(C)C1CC(=O)C(C)(C)O1. The molecule has 102 valence electrons. The summed E-state index contributed by atoms with van der Waals surface area (Å²) in [6, 6.07) is 0. The number of ketones is 1. The zero-order chi connectivity index (χ0) is 13.8. The molecule has 0 amide bonds. The number of aliphatic hydroxyl groups excluding tert-OH is 1. The smallest absolute Gasteiger partial charge is 0.167 e. The highest BCUT2D eigenvalue weighted by Gasteiger charge is 2.40. The summed E-state index contributed by atoms with van der Waals surface area (Å²) < 4.78 is 5.76. The normalized spacial score (nSPS) is 24.7. The molecule has 1 unspecified atom stereocenters. The number of carbonyl (C=O) groups excluding carboxylic acids is 1. The van der Waals surface area contributed by atoms with Crippen LogP contribution in [0.25, 0.3) is 0 Å². The van der Waals surface area contributed by atoms with E-state index in [2.05, 4.69) is 6.08 Å². The third-order valence-corrected chi connectivity index (χ3v) is 3.43. The van der Waals surface area contributed by atoms with Gasteiger partial charge < -0.3 is 9.84 Å². The maximum Gasteiger partial charge on any atom is 0.167 e. The highest BCUT2D eigenvalue weighted by Crippen LogP contribution is 2.30. The molecule has 1 N–H and O–H groups in total. The van der Waals surface area contributed by atoms with E-state index in [1.54, 1.807) is 0 Å². The molecule has 0 radical (unpaired) electrons. The van der Waals surface area contributed by atoms with Crippen LogP contribution in [0.4, 0.5) is 0 Å². The lowest BCUT2D eigenvalue weighted by Crippen LogP contribution is -2.27. The van der Waals surface area contributed by atoms with Gasteiger partial charge in [0.15, 0.2) is 5.78 Å². The lowest BCUT2D eigenvalue weighted by Gasteiger charge is -2.18. The summed E-state index contributed by atoms with van der Waals surface area (Å²) in [5, 5.41) is 8.76. The predicted molar refractivity (Wildman–Crippen MR) is 72.4 cm³/mol. The van der Waals surface area contributed by atoms with Crippen LogP contribution in [0.3, 0.4) is 0 Å². The van der Waals surface area contributed by atoms with Crippen LogP contribution in [0.1, 0.15) is 47.0 Å². The number of carbonyl (C=O) groups is 1. The molecule has 0 spiro atoms. The fraction of sp³-hybridized carbons (Fsp3) is 0.667.